The number of nitrogens with one attached hydrogen (secondary N) is 1. The summed E-state index contributed by atoms with van der Waals surface area (Å²) in [5.41, 5.74) is 0. The molecule has 0 spiro atoms. The summed E-state index contributed by atoms with van der Waals surface area (Å²) < 4.78 is 28.0. The van der Waals surface area contributed by atoms with E-state index in [1.807, 2.05) is 0 Å². The molecular weight excluding hydrogens is 348 g/mol. The third-order valence-corrected chi connectivity index (χ3v) is 5.98. The molecule has 2 rings (SSSR count). The molecule has 1 fully saturated rings. The molecule has 1 saturated heterocycles. The van der Waals surface area contributed by atoms with Crippen LogP contribution in [-0.4, -0.2) is 58.9 Å². The fourth-order valence-electron chi connectivity index (χ4n) is 2.70. The highest BCUT2D eigenvalue weighted by atomic mass is 32.2. The number of unbranched alkanes of at least 4 members (excludes halogenated alkanes) is 3. The molecule has 10 heteroatoms. The van der Waals surface area contributed by atoms with Gasteiger partial charge in [-0.2, -0.15) is 4.31 Å². The number of carbonyl (C=O) groups is 2. The molecule has 2 N–H and O–H groups in total. The Balaban J connectivity index is 1.99. The van der Waals surface area contributed by atoms with Crippen molar-refractivity contribution in [3.05, 3.63) is 12.5 Å². The van der Waals surface area contributed by atoms with E-state index in [0.29, 0.717) is 6.54 Å². The topological polar surface area (TPSA) is 122 Å². The molecule has 25 heavy (non-hydrogen) atoms. The van der Waals surface area contributed by atoms with Crippen LogP contribution in [0, 0.1) is 0 Å². The zero-order valence-electron chi connectivity index (χ0n) is 14.2. The lowest BCUT2D eigenvalue weighted by atomic mass is 10.1. The van der Waals surface area contributed by atoms with Gasteiger partial charge in [0.1, 0.15) is 6.04 Å². The minimum Gasteiger partial charge on any atom is -0.396 e. The minimum absolute atomic E-state index is 0.110. The summed E-state index contributed by atoms with van der Waals surface area (Å²) >= 11 is 0. The molecule has 0 saturated carbocycles. The average Bonchev–Trinajstić information content (AvgIpc) is 3.04. The van der Waals surface area contributed by atoms with Gasteiger partial charge in [-0.3, -0.25) is 14.9 Å². The standard InChI is InChI=1S/C15H24N4O5S/c1-18(12-6-7-13(21)17-15(12)22)25(23,24)14-10-19(11-16-14)8-4-2-3-5-9-20/h10-12,20H,2-9H2,1H3,(H,17,21,22). The van der Waals surface area contributed by atoms with Crippen LogP contribution in [0.2, 0.25) is 0 Å². The number of sulfonamides is 1. The number of amides is 2. The summed E-state index contributed by atoms with van der Waals surface area (Å²) in [6.45, 7) is 0.816. The van der Waals surface area contributed by atoms with Crippen molar-refractivity contribution in [1.82, 2.24) is 19.2 Å². The zero-order chi connectivity index (χ0) is 18.4. The van der Waals surface area contributed by atoms with Gasteiger partial charge >= 0.3 is 0 Å². The number of hydrogen-bond donors (Lipinski definition) is 2. The number of carbonyl (C=O) groups excluding carboxylic acids is 2. The summed E-state index contributed by atoms with van der Waals surface area (Å²) in [6.07, 6.45) is 6.66. The maximum Gasteiger partial charge on any atom is 0.262 e. The van der Waals surface area contributed by atoms with Crippen molar-refractivity contribution >= 4 is 21.8 Å². The van der Waals surface area contributed by atoms with Crippen molar-refractivity contribution < 1.29 is 23.1 Å². The van der Waals surface area contributed by atoms with E-state index >= 15 is 0 Å². The molecule has 1 aliphatic heterocycles. The lowest BCUT2D eigenvalue weighted by Crippen LogP contribution is -2.52. The Bertz CT molecular complexity index is 715. The molecule has 1 aromatic rings. The first kappa shape index (κ1) is 19.5. The lowest BCUT2D eigenvalue weighted by Gasteiger charge is -2.28. The van der Waals surface area contributed by atoms with Gasteiger partial charge in [0.25, 0.3) is 10.0 Å². The zero-order valence-corrected chi connectivity index (χ0v) is 15.0. The van der Waals surface area contributed by atoms with E-state index in [1.54, 1.807) is 4.57 Å². The number of aromatic nitrogens is 2. The second kappa shape index (κ2) is 8.54. The number of aliphatic hydroxyl groups is 1. The van der Waals surface area contributed by atoms with Crippen LogP contribution in [0.4, 0.5) is 0 Å². The van der Waals surface area contributed by atoms with E-state index in [1.165, 1.54) is 19.6 Å². The normalized spacial score (nSPS) is 18.6. The predicted molar refractivity (Wildman–Crippen MR) is 88.9 cm³/mol. The Hall–Kier alpha value is -1.78. The van der Waals surface area contributed by atoms with Crippen LogP contribution in [0.5, 0.6) is 0 Å². The lowest BCUT2D eigenvalue weighted by molar-refractivity contribution is -0.135. The number of imidazole rings is 1. The third kappa shape index (κ3) is 4.86. The first-order chi connectivity index (χ1) is 11.9. The SMILES string of the molecule is CN(C1CCC(=O)NC1=O)S(=O)(=O)c1cn(CCCCCCO)cn1. The molecular formula is C15H24N4O5S. The molecule has 0 aromatic carbocycles. The predicted octanol–water partition coefficient (Wildman–Crippen LogP) is -0.138. The first-order valence-corrected chi connectivity index (χ1v) is 9.74. The van der Waals surface area contributed by atoms with Gasteiger partial charge in [-0.05, 0) is 19.3 Å². The Labute approximate surface area is 147 Å². The Morgan fingerprint density at radius 3 is 2.72 bits per heavy atom. The molecule has 9 nitrogen and oxygen atoms in total. The van der Waals surface area contributed by atoms with E-state index in [4.69, 9.17) is 5.11 Å². The van der Waals surface area contributed by atoms with Gasteiger partial charge in [0.05, 0.1) is 6.33 Å². The highest BCUT2D eigenvalue weighted by Gasteiger charge is 2.37. The minimum atomic E-state index is -3.91. The Morgan fingerprint density at radius 1 is 1.32 bits per heavy atom. The highest BCUT2D eigenvalue weighted by Crippen LogP contribution is 2.19. The molecule has 2 amide bonds. The van der Waals surface area contributed by atoms with Gasteiger partial charge in [0.2, 0.25) is 11.8 Å². The number of aliphatic hydroxyl groups excluding tert-OH is 1. The summed E-state index contributed by atoms with van der Waals surface area (Å²) in [5.74, 6) is -0.997. The smallest absolute Gasteiger partial charge is 0.262 e. The van der Waals surface area contributed by atoms with Crippen LogP contribution in [-0.2, 0) is 26.2 Å². The Kier molecular flexibility index (Phi) is 6.68. The van der Waals surface area contributed by atoms with Crippen molar-refractivity contribution in [3.63, 3.8) is 0 Å². The first-order valence-electron chi connectivity index (χ1n) is 8.30. The molecule has 1 aromatic heterocycles. The van der Waals surface area contributed by atoms with Gasteiger partial charge in [0.15, 0.2) is 5.03 Å². The number of hydrogen-bond acceptors (Lipinski definition) is 6. The van der Waals surface area contributed by atoms with Gasteiger partial charge in [-0.1, -0.05) is 12.8 Å². The number of rotatable bonds is 9. The van der Waals surface area contributed by atoms with E-state index in [9.17, 15) is 18.0 Å². The van der Waals surface area contributed by atoms with Crippen LogP contribution in [0.25, 0.3) is 0 Å². The van der Waals surface area contributed by atoms with Crippen molar-refractivity contribution in [2.45, 2.75) is 56.1 Å². The van der Waals surface area contributed by atoms with Crippen LogP contribution in [0.1, 0.15) is 38.5 Å². The number of imide groups is 1. The number of nitrogens with zero attached hydrogens (tertiary/aromatic N) is 3. The summed E-state index contributed by atoms with van der Waals surface area (Å²) in [5, 5.41) is 10.8. The number of likely N-dealkylation sites (N-methyl/N-ethyl adjacent to an activating group) is 1. The van der Waals surface area contributed by atoms with Crippen molar-refractivity contribution in [2.75, 3.05) is 13.7 Å². The van der Waals surface area contributed by atoms with E-state index in [-0.39, 0.29) is 24.5 Å². The van der Waals surface area contributed by atoms with Crippen molar-refractivity contribution in [1.29, 1.82) is 0 Å². The van der Waals surface area contributed by atoms with E-state index in [2.05, 4.69) is 10.3 Å². The highest BCUT2D eigenvalue weighted by molar-refractivity contribution is 7.89. The maximum atomic E-state index is 12.6. The second-order valence-electron chi connectivity index (χ2n) is 6.08. The second-order valence-corrected chi connectivity index (χ2v) is 8.02. The van der Waals surface area contributed by atoms with Crippen LogP contribution in [0.3, 0.4) is 0 Å². The number of aryl methyl sites for hydroxylation is 1. The maximum absolute atomic E-state index is 12.6. The van der Waals surface area contributed by atoms with Crippen LogP contribution < -0.4 is 5.32 Å². The largest absolute Gasteiger partial charge is 0.396 e. The molecule has 0 aliphatic carbocycles. The van der Waals surface area contributed by atoms with Crippen LogP contribution >= 0.6 is 0 Å². The van der Waals surface area contributed by atoms with Gasteiger partial charge < -0.3 is 9.67 Å². The molecule has 2 heterocycles. The summed E-state index contributed by atoms with van der Waals surface area (Å²) in [7, 11) is -2.59. The fraction of sp³-hybridized carbons (Fsp3) is 0.667. The van der Waals surface area contributed by atoms with Gasteiger partial charge in [0, 0.05) is 32.8 Å². The Morgan fingerprint density at radius 2 is 2.04 bits per heavy atom. The molecule has 1 atom stereocenters. The third-order valence-electron chi connectivity index (χ3n) is 4.23. The fourth-order valence-corrected chi connectivity index (χ4v) is 3.98. The summed E-state index contributed by atoms with van der Waals surface area (Å²) in [6, 6.07) is -0.911. The van der Waals surface area contributed by atoms with E-state index < -0.39 is 27.9 Å². The summed E-state index contributed by atoms with van der Waals surface area (Å²) in [4.78, 5) is 27.0. The number of piperidine rings is 1. The molecule has 1 aliphatic rings. The molecule has 0 bridgehead atoms. The molecule has 140 valence electrons. The monoisotopic (exact) mass is 372 g/mol. The van der Waals surface area contributed by atoms with Gasteiger partial charge in [-0.15, -0.1) is 0 Å². The van der Waals surface area contributed by atoms with Gasteiger partial charge in [-0.25, -0.2) is 13.4 Å². The van der Waals surface area contributed by atoms with Crippen molar-refractivity contribution in [3.8, 4) is 0 Å². The molecule has 1 unspecified atom stereocenters. The quantitative estimate of drug-likeness (QED) is 0.460. The van der Waals surface area contributed by atoms with Crippen LogP contribution in [0.15, 0.2) is 17.6 Å². The van der Waals surface area contributed by atoms with Crippen molar-refractivity contribution in [2.24, 2.45) is 0 Å². The molecule has 0 radical (unpaired) electrons. The average molecular weight is 372 g/mol. The van der Waals surface area contributed by atoms with E-state index in [0.717, 1.165) is 30.0 Å².